The first-order valence-electron chi connectivity index (χ1n) is 6.44. The van der Waals surface area contributed by atoms with Gasteiger partial charge in [0.05, 0.1) is 18.6 Å². The number of hydrogen-bond donors (Lipinski definition) is 1. The van der Waals surface area contributed by atoms with E-state index in [1.807, 2.05) is 13.8 Å². The Balaban J connectivity index is 2.57. The zero-order chi connectivity index (χ0) is 12.9. The van der Waals surface area contributed by atoms with Crippen LogP contribution in [0.25, 0.3) is 0 Å². The maximum atomic E-state index is 11.9. The summed E-state index contributed by atoms with van der Waals surface area (Å²) in [5.74, 6) is 0.468. The highest BCUT2D eigenvalue weighted by Crippen LogP contribution is 2.42. The number of ether oxygens (including phenoxy) is 2. The third kappa shape index (κ3) is 4.28. The maximum Gasteiger partial charge on any atom is 0.313 e. The predicted molar refractivity (Wildman–Crippen MR) is 66.5 cm³/mol. The summed E-state index contributed by atoms with van der Waals surface area (Å²) in [6.45, 7) is 4.89. The molecule has 0 radical (unpaired) electrons. The number of rotatable bonds is 8. The molecule has 4 heteroatoms. The highest BCUT2D eigenvalue weighted by atomic mass is 16.5. The monoisotopic (exact) mass is 243 g/mol. The van der Waals surface area contributed by atoms with Crippen LogP contribution in [0.15, 0.2) is 0 Å². The second-order valence-corrected chi connectivity index (χ2v) is 5.29. The second kappa shape index (κ2) is 6.36. The van der Waals surface area contributed by atoms with Crippen molar-refractivity contribution in [2.75, 3.05) is 20.3 Å². The standard InChI is InChI=1S/C13H25NO3/c1-10(2)17-7-6-13(9-14,12(15)16-3)8-11-4-5-11/h10-11H,4-9,14H2,1-3H3. The molecule has 0 aromatic rings. The van der Waals surface area contributed by atoms with Gasteiger partial charge in [-0.1, -0.05) is 12.8 Å². The Morgan fingerprint density at radius 2 is 2.12 bits per heavy atom. The summed E-state index contributed by atoms with van der Waals surface area (Å²) in [6, 6.07) is 0. The van der Waals surface area contributed by atoms with Crippen molar-refractivity contribution in [3.8, 4) is 0 Å². The smallest absolute Gasteiger partial charge is 0.313 e. The van der Waals surface area contributed by atoms with Gasteiger partial charge in [0.2, 0.25) is 0 Å². The number of hydrogen-bond acceptors (Lipinski definition) is 4. The SMILES string of the molecule is COC(=O)C(CN)(CCOC(C)C)CC1CC1. The summed E-state index contributed by atoms with van der Waals surface area (Å²) >= 11 is 0. The first-order valence-corrected chi connectivity index (χ1v) is 6.44. The summed E-state index contributed by atoms with van der Waals surface area (Å²) < 4.78 is 10.5. The lowest BCUT2D eigenvalue weighted by Gasteiger charge is -2.29. The molecular weight excluding hydrogens is 218 g/mol. The van der Waals surface area contributed by atoms with Crippen LogP contribution in [-0.2, 0) is 14.3 Å². The molecule has 1 atom stereocenters. The van der Waals surface area contributed by atoms with Crippen LogP contribution in [0.2, 0.25) is 0 Å². The molecule has 1 saturated carbocycles. The lowest BCUT2D eigenvalue weighted by molar-refractivity contribution is -0.154. The summed E-state index contributed by atoms with van der Waals surface area (Å²) in [5.41, 5.74) is 5.28. The van der Waals surface area contributed by atoms with Gasteiger partial charge in [0.25, 0.3) is 0 Å². The van der Waals surface area contributed by atoms with Crippen LogP contribution < -0.4 is 5.73 Å². The van der Waals surface area contributed by atoms with Gasteiger partial charge in [-0.2, -0.15) is 0 Å². The lowest BCUT2D eigenvalue weighted by atomic mass is 9.79. The fourth-order valence-corrected chi connectivity index (χ4v) is 2.14. The normalized spacial score (nSPS) is 19.1. The van der Waals surface area contributed by atoms with Gasteiger partial charge in [-0.15, -0.1) is 0 Å². The van der Waals surface area contributed by atoms with Crippen molar-refractivity contribution in [3.05, 3.63) is 0 Å². The third-order valence-electron chi connectivity index (χ3n) is 3.42. The zero-order valence-corrected chi connectivity index (χ0v) is 11.2. The van der Waals surface area contributed by atoms with E-state index in [2.05, 4.69) is 0 Å². The van der Waals surface area contributed by atoms with Crippen LogP contribution in [0.3, 0.4) is 0 Å². The topological polar surface area (TPSA) is 61.5 Å². The van der Waals surface area contributed by atoms with Gasteiger partial charge in [0.15, 0.2) is 0 Å². The van der Waals surface area contributed by atoms with E-state index in [9.17, 15) is 4.79 Å². The molecule has 17 heavy (non-hydrogen) atoms. The molecule has 0 saturated heterocycles. The highest BCUT2D eigenvalue weighted by molar-refractivity contribution is 5.77. The lowest BCUT2D eigenvalue weighted by Crippen LogP contribution is -2.41. The van der Waals surface area contributed by atoms with E-state index in [1.54, 1.807) is 0 Å². The van der Waals surface area contributed by atoms with Gasteiger partial charge < -0.3 is 15.2 Å². The minimum atomic E-state index is -0.537. The second-order valence-electron chi connectivity index (χ2n) is 5.29. The summed E-state index contributed by atoms with van der Waals surface area (Å²) in [5, 5.41) is 0. The number of carbonyl (C=O) groups is 1. The molecule has 1 fully saturated rings. The van der Waals surface area contributed by atoms with Crippen molar-refractivity contribution in [3.63, 3.8) is 0 Å². The van der Waals surface area contributed by atoms with E-state index >= 15 is 0 Å². The summed E-state index contributed by atoms with van der Waals surface area (Å²) in [4.78, 5) is 11.9. The number of nitrogens with two attached hydrogens (primary N) is 1. The largest absolute Gasteiger partial charge is 0.469 e. The Labute approximate surface area is 104 Å². The molecular formula is C13H25NO3. The predicted octanol–water partition coefficient (Wildman–Crippen LogP) is 1.72. The van der Waals surface area contributed by atoms with E-state index in [1.165, 1.54) is 20.0 Å². The molecule has 100 valence electrons. The molecule has 1 unspecified atom stereocenters. The van der Waals surface area contributed by atoms with Crippen LogP contribution in [-0.4, -0.2) is 32.3 Å². The number of methoxy groups -OCH3 is 1. The molecule has 0 aromatic heterocycles. The Morgan fingerprint density at radius 3 is 2.53 bits per heavy atom. The van der Waals surface area contributed by atoms with Crippen LogP contribution in [0.4, 0.5) is 0 Å². The molecule has 0 aromatic carbocycles. The minimum absolute atomic E-state index is 0.181. The van der Waals surface area contributed by atoms with Crippen molar-refractivity contribution in [2.45, 2.75) is 45.6 Å². The average molecular weight is 243 g/mol. The van der Waals surface area contributed by atoms with Crippen molar-refractivity contribution >= 4 is 5.97 Å². The van der Waals surface area contributed by atoms with E-state index in [4.69, 9.17) is 15.2 Å². The Kier molecular flexibility index (Phi) is 5.40. The first kappa shape index (κ1) is 14.5. The minimum Gasteiger partial charge on any atom is -0.469 e. The maximum absolute atomic E-state index is 11.9. The van der Waals surface area contributed by atoms with Crippen molar-refractivity contribution in [2.24, 2.45) is 17.1 Å². The summed E-state index contributed by atoms with van der Waals surface area (Å²) in [7, 11) is 1.43. The van der Waals surface area contributed by atoms with Crippen LogP contribution in [0.5, 0.6) is 0 Å². The number of carbonyl (C=O) groups excluding carboxylic acids is 1. The fraction of sp³-hybridized carbons (Fsp3) is 0.923. The Bertz CT molecular complexity index is 251. The van der Waals surface area contributed by atoms with E-state index < -0.39 is 5.41 Å². The Morgan fingerprint density at radius 1 is 1.47 bits per heavy atom. The molecule has 0 spiro atoms. The van der Waals surface area contributed by atoms with Gasteiger partial charge in [-0.3, -0.25) is 4.79 Å². The molecule has 4 nitrogen and oxygen atoms in total. The van der Waals surface area contributed by atoms with Crippen molar-refractivity contribution in [1.82, 2.24) is 0 Å². The van der Waals surface area contributed by atoms with E-state index in [-0.39, 0.29) is 12.1 Å². The van der Waals surface area contributed by atoms with Gasteiger partial charge in [-0.05, 0) is 32.6 Å². The van der Waals surface area contributed by atoms with Crippen molar-refractivity contribution in [1.29, 1.82) is 0 Å². The van der Waals surface area contributed by atoms with Crippen LogP contribution >= 0.6 is 0 Å². The Hall–Kier alpha value is -0.610. The average Bonchev–Trinajstić information content (AvgIpc) is 3.10. The molecule has 1 aliphatic carbocycles. The quantitative estimate of drug-likeness (QED) is 0.659. The molecule has 0 bridgehead atoms. The van der Waals surface area contributed by atoms with Gasteiger partial charge in [0.1, 0.15) is 0 Å². The van der Waals surface area contributed by atoms with Crippen molar-refractivity contribution < 1.29 is 14.3 Å². The molecule has 2 N–H and O–H groups in total. The molecule has 0 amide bonds. The van der Waals surface area contributed by atoms with Gasteiger partial charge >= 0.3 is 5.97 Å². The van der Waals surface area contributed by atoms with Crippen LogP contribution in [0.1, 0.15) is 39.5 Å². The van der Waals surface area contributed by atoms with E-state index in [0.717, 1.165) is 6.42 Å². The zero-order valence-electron chi connectivity index (χ0n) is 11.2. The van der Waals surface area contributed by atoms with Gasteiger partial charge in [-0.25, -0.2) is 0 Å². The molecule has 0 aliphatic heterocycles. The third-order valence-corrected chi connectivity index (χ3v) is 3.42. The van der Waals surface area contributed by atoms with E-state index in [0.29, 0.717) is 25.5 Å². The summed E-state index contributed by atoms with van der Waals surface area (Å²) in [6.07, 6.45) is 4.11. The van der Waals surface area contributed by atoms with Crippen LogP contribution in [0, 0.1) is 11.3 Å². The number of esters is 1. The van der Waals surface area contributed by atoms with Gasteiger partial charge in [0, 0.05) is 13.2 Å². The molecule has 1 rings (SSSR count). The first-order chi connectivity index (χ1) is 8.04. The molecule has 1 aliphatic rings. The fourth-order valence-electron chi connectivity index (χ4n) is 2.14. The molecule has 0 heterocycles. The highest BCUT2D eigenvalue weighted by Gasteiger charge is 2.42.